The molecule has 0 saturated carbocycles. The lowest BCUT2D eigenvalue weighted by Crippen LogP contribution is -2.26. The monoisotopic (exact) mass is 397 g/mol. The van der Waals surface area contributed by atoms with Gasteiger partial charge in [0.15, 0.2) is 11.5 Å². The van der Waals surface area contributed by atoms with Gasteiger partial charge in [-0.15, -0.1) is 5.10 Å². The van der Waals surface area contributed by atoms with Crippen molar-refractivity contribution in [1.82, 2.24) is 14.6 Å². The third kappa shape index (κ3) is 3.18. The fourth-order valence-corrected chi connectivity index (χ4v) is 3.59. The molecule has 0 radical (unpaired) electrons. The van der Waals surface area contributed by atoms with Crippen LogP contribution in [0.25, 0.3) is 5.65 Å². The second-order valence-corrected chi connectivity index (χ2v) is 7.37. The predicted molar refractivity (Wildman–Crippen MR) is 104 cm³/mol. The summed E-state index contributed by atoms with van der Waals surface area (Å²) in [5.74, 6) is -2.22. The average molecular weight is 397 g/mol. The van der Waals surface area contributed by atoms with Gasteiger partial charge in [0.2, 0.25) is 11.7 Å². The number of nitrogens with zero attached hydrogens (tertiary/aromatic N) is 3. The molecule has 0 fully saturated rings. The van der Waals surface area contributed by atoms with E-state index in [2.05, 4.69) is 15.4 Å². The molecule has 1 aliphatic heterocycles. The molecule has 0 spiro atoms. The van der Waals surface area contributed by atoms with Crippen molar-refractivity contribution in [3.63, 3.8) is 0 Å². The van der Waals surface area contributed by atoms with Crippen LogP contribution in [0.2, 0.25) is 0 Å². The van der Waals surface area contributed by atoms with Gasteiger partial charge in [0, 0.05) is 0 Å². The number of ether oxygens (including phenoxy) is 1. The van der Waals surface area contributed by atoms with Crippen LogP contribution in [0.4, 0.5) is 10.1 Å². The number of rotatable bonds is 3. The molecule has 1 aliphatic rings. The molecule has 150 valence electrons. The lowest BCUT2D eigenvalue weighted by Gasteiger charge is -2.20. The number of aryl methyl sites for hydroxylation is 1. The van der Waals surface area contributed by atoms with Gasteiger partial charge in [-0.3, -0.25) is 9.59 Å². The zero-order valence-electron chi connectivity index (χ0n) is 16.2. The number of hydrogen-bond donors (Lipinski definition) is 2. The first-order valence-electron chi connectivity index (χ1n) is 9.19. The highest BCUT2D eigenvalue weighted by Crippen LogP contribution is 2.36. The molecule has 4 rings (SSSR count). The molecule has 0 saturated heterocycles. The van der Waals surface area contributed by atoms with Crippen molar-refractivity contribution >= 4 is 23.1 Å². The number of hydrogen-bond acceptors (Lipinski definition) is 5. The topological polar surface area (TPSA) is 112 Å². The Morgan fingerprint density at radius 3 is 2.83 bits per heavy atom. The van der Waals surface area contributed by atoms with E-state index in [1.807, 2.05) is 13.8 Å². The quantitative estimate of drug-likeness (QED) is 0.705. The van der Waals surface area contributed by atoms with Crippen LogP contribution >= 0.6 is 0 Å². The molecule has 0 unspecified atom stereocenters. The number of nitrogens with one attached hydrogen (secondary N) is 1. The van der Waals surface area contributed by atoms with Crippen molar-refractivity contribution in [2.24, 2.45) is 5.73 Å². The maximum absolute atomic E-state index is 14.3. The van der Waals surface area contributed by atoms with Gasteiger partial charge in [-0.25, -0.2) is 13.9 Å². The number of nitrogens with two attached hydrogens (primary N) is 1. The zero-order chi connectivity index (χ0) is 20.9. The molecule has 9 heteroatoms. The van der Waals surface area contributed by atoms with Crippen LogP contribution in [0.5, 0.6) is 5.75 Å². The summed E-state index contributed by atoms with van der Waals surface area (Å²) in [4.78, 5) is 28.6. The summed E-state index contributed by atoms with van der Waals surface area (Å²) in [5, 5.41) is 6.85. The van der Waals surface area contributed by atoms with Crippen molar-refractivity contribution in [1.29, 1.82) is 0 Å². The summed E-state index contributed by atoms with van der Waals surface area (Å²) in [7, 11) is 0. The van der Waals surface area contributed by atoms with Crippen molar-refractivity contribution < 1.29 is 18.7 Å². The van der Waals surface area contributed by atoms with Gasteiger partial charge in [0.05, 0.1) is 11.6 Å². The van der Waals surface area contributed by atoms with Crippen molar-refractivity contribution in [3.8, 4) is 5.75 Å². The summed E-state index contributed by atoms with van der Waals surface area (Å²) in [6.45, 7) is 5.67. The van der Waals surface area contributed by atoms with Crippen molar-refractivity contribution in [3.05, 3.63) is 52.7 Å². The van der Waals surface area contributed by atoms with Crippen LogP contribution in [-0.2, 0) is 4.79 Å². The summed E-state index contributed by atoms with van der Waals surface area (Å²) in [6.07, 6.45) is 0. The highest BCUT2D eigenvalue weighted by molar-refractivity contribution is 5.98. The Kier molecular flexibility index (Phi) is 4.45. The van der Waals surface area contributed by atoms with Gasteiger partial charge in [0.25, 0.3) is 5.91 Å². The minimum atomic E-state index is -0.734. The summed E-state index contributed by atoms with van der Waals surface area (Å²) in [5.41, 5.74) is 7.85. The first-order chi connectivity index (χ1) is 13.8. The molecule has 3 aromatic rings. The standard InChI is InChI=1S/C20H20FN5O3/c1-9(2)17-11(4-5-15-23-19(18(22)27)25-26(15)17)12-8-29-14-7-10(3)6-13(21)16(14)24-20(12)28/h4-7,9,12H,8H2,1-3H3,(H2,22,27)(H,24,28)/t12-/m1/s1. The second kappa shape index (κ2) is 6.84. The number of carbonyl (C=O) groups excluding carboxylic acids is 2. The average Bonchev–Trinajstić information content (AvgIpc) is 3.01. The molecular weight excluding hydrogens is 377 g/mol. The third-order valence-electron chi connectivity index (χ3n) is 4.88. The number of carbonyl (C=O) groups is 2. The van der Waals surface area contributed by atoms with Crippen molar-refractivity contribution in [2.75, 3.05) is 11.9 Å². The third-order valence-corrected chi connectivity index (χ3v) is 4.88. The number of fused-ring (bicyclic) bond motifs is 2. The molecule has 2 aromatic heterocycles. The number of primary amides is 1. The van der Waals surface area contributed by atoms with Crippen LogP contribution in [0.1, 0.15) is 53.1 Å². The highest BCUT2D eigenvalue weighted by Gasteiger charge is 2.31. The predicted octanol–water partition coefficient (Wildman–Crippen LogP) is 2.51. The molecule has 0 bridgehead atoms. The van der Waals surface area contributed by atoms with E-state index in [-0.39, 0.29) is 29.9 Å². The summed E-state index contributed by atoms with van der Waals surface area (Å²) >= 11 is 0. The SMILES string of the molecule is Cc1cc(F)c2c(c1)OC[C@H](c1ccc3nc(C(N)=O)nn3c1C(C)C)C(=O)N2. The Hall–Kier alpha value is -3.49. The maximum atomic E-state index is 14.3. The lowest BCUT2D eigenvalue weighted by atomic mass is 9.92. The minimum absolute atomic E-state index is 0.0321. The normalized spacial score (nSPS) is 16.3. The first-order valence-corrected chi connectivity index (χ1v) is 9.19. The van der Waals surface area contributed by atoms with E-state index in [0.29, 0.717) is 28.2 Å². The van der Waals surface area contributed by atoms with E-state index in [9.17, 15) is 14.0 Å². The summed E-state index contributed by atoms with van der Waals surface area (Å²) in [6, 6.07) is 6.45. The van der Waals surface area contributed by atoms with Crippen molar-refractivity contribution in [2.45, 2.75) is 32.6 Å². The van der Waals surface area contributed by atoms with Gasteiger partial charge in [-0.1, -0.05) is 19.9 Å². The van der Waals surface area contributed by atoms with Gasteiger partial charge in [0.1, 0.15) is 18.0 Å². The Balaban J connectivity index is 1.82. The van der Waals surface area contributed by atoms with Gasteiger partial charge < -0.3 is 15.8 Å². The summed E-state index contributed by atoms with van der Waals surface area (Å²) < 4.78 is 21.7. The maximum Gasteiger partial charge on any atom is 0.288 e. The molecule has 29 heavy (non-hydrogen) atoms. The van der Waals surface area contributed by atoms with Crippen LogP contribution in [0.3, 0.4) is 0 Å². The molecular formula is C20H20FN5O3. The van der Waals surface area contributed by atoms with E-state index in [4.69, 9.17) is 10.5 Å². The van der Waals surface area contributed by atoms with E-state index >= 15 is 0 Å². The smallest absolute Gasteiger partial charge is 0.288 e. The fourth-order valence-electron chi connectivity index (χ4n) is 3.59. The number of aromatic nitrogens is 3. The molecule has 1 aromatic carbocycles. The van der Waals surface area contributed by atoms with Crippen LogP contribution in [0.15, 0.2) is 24.3 Å². The Morgan fingerprint density at radius 2 is 2.14 bits per heavy atom. The number of pyridine rings is 1. The molecule has 8 nitrogen and oxygen atoms in total. The Labute approximate surface area is 165 Å². The minimum Gasteiger partial charge on any atom is -0.490 e. The molecule has 3 N–H and O–H groups in total. The van der Waals surface area contributed by atoms with Gasteiger partial charge >= 0.3 is 0 Å². The Bertz CT molecular complexity index is 1150. The molecule has 2 amide bonds. The number of anilines is 1. The largest absolute Gasteiger partial charge is 0.490 e. The lowest BCUT2D eigenvalue weighted by molar-refractivity contribution is -0.118. The second-order valence-electron chi connectivity index (χ2n) is 7.37. The first kappa shape index (κ1) is 18.9. The number of benzene rings is 1. The van der Waals surface area contributed by atoms with Crippen LogP contribution in [0, 0.1) is 12.7 Å². The molecule has 3 heterocycles. The van der Waals surface area contributed by atoms with E-state index in [1.54, 1.807) is 25.1 Å². The number of halogens is 1. The molecule has 1 atom stereocenters. The Morgan fingerprint density at radius 1 is 1.38 bits per heavy atom. The fraction of sp³-hybridized carbons (Fsp3) is 0.300. The molecule has 0 aliphatic carbocycles. The number of amides is 2. The van der Waals surface area contributed by atoms with E-state index in [1.165, 1.54) is 10.6 Å². The van der Waals surface area contributed by atoms with E-state index < -0.39 is 17.6 Å². The van der Waals surface area contributed by atoms with Crippen LogP contribution < -0.4 is 15.8 Å². The van der Waals surface area contributed by atoms with Gasteiger partial charge in [-0.05, 0) is 42.2 Å². The van der Waals surface area contributed by atoms with Crippen LogP contribution in [-0.4, -0.2) is 33.0 Å². The van der Waals surface area contributed by atoms with E-state index in [0.717, 1.165) is 0 Å². The zero-order valence-corrected chi connectivity index (χ0v) is 16.2. The highest BCUT2D eigenvalue weighted by atomic mass is 19.1. The van der Waals surface area contributed by atoms with Gasteiger partial charge in [-0.2, -0.15) is 0 Å².